The van der Waals surface area contributed by atoms with Crippen LogP contribution in [-0.2, 0) is 0 Å². The van der Waals surface area contributed by atoms with Crippen LogP contribution in [0.15, 0.2) is 24.3 Å². The lowest BCUT2D eigenvalue weighted by Crippen LogP contribution is -2.11. The van der Waals surface area contributed by atoms with Crippen LogP contribution in [0.3, 0.4) is 0 Å². The molecule has 0 saturated carbocycles. The molecule has 2 aromatic rings. The van der Waals surface area contributed by atoms with Crippen molar-refractivity contribution in [3.8, 4) is 6.07 Å². The molecule has 96 valence electrons. The lowest BCUT2D eigenvalue weighted by molar-refractivity contribution is 0.624. The van der Waals surface area contributed by atoms with Gasteiger partial charge in [-0.3, -0.25) is 5.43 Å². The smallest absolute Gasteiger partial charge is 0.239 e. The van der Waals surface area contributed by atoms with E-state index in [1.54, 1.807) is 19.1 Å². The Morgan fingerprint density at radius 2 is 2.11 bits per heavy atom. The van der Waals surface area contributed by atoms with Crippen molar-refractivity contribution in [2.24, 2.45) is 5.84 Å². The first-order chi connectivity index (χ1) is 9.12. The molecule has 19 heavy (non-hydrogen) atoms. The largest absolute Gasteiger partial charge is 0.340 e. The first-order valence-corrected chi connectivity index (χ1v) is 5.41. The molecular formula is C12H11FN6. The van der Waals surface area contributed by atoms with E-state index in [0.717, 1.165) is 0 Å². The number of hydrogen-bond acceptors (Lipinski definition) is 6. The maximum Gasteiger partial charge on any atom is 0.239 e. The van der Waals surface area contributed by atoms with E-state index in [1.807, 2.05) is 0 Å². The molecule has 0 fully saturated rings. The number of halogens is 1. The Hall–Kier alpha value is -2.72. The van der Waals surface area contributed by atoms with Gasteiger partial charge >= 0.3 is 0 Å². The number of nitriles is 1. The molecule has 0 aliphatic heterocycles. The summed E-state index contributed by atoms with van der Waals surface area (Å²) >= 11 is 0. The number of nitrogen functional groups attached to an aromatic ring is 1. The van der Waals surface area contributed by atoms with Crippen LogP contribution in [0.4, 0.5) is 21.8 Å². The van der Waals surface area contributed by atoms with Crippen LogP contribution in [0.1, 0.15) is 11.3 Å². The van der Waals surface area contributed by atoms with E-state index in [9.17, 15) is 4.39 Å². The van der Waals surface area contributed by atoms with E-state index in [4.69, 9.17) is 11.1 Å². The maximum absolute atomic E-state index is 13.2. The first-order valence-electron chi connectivity index (χ1n) is 5.41. The van der Waals surface area contributed by atoms with Crippen molar-refractivity contribution in [3.63, 3.8) is 0 Å². The number of rotatable bonds is 3. The van der Waals surface area contributed by atoms with Gasteiger partial charge in [-0.1, -0.05) is 0 Å². The van der Waals surface area contributed by atoms with Crippen molar-refractivity contribution in [1.29, 1.82) is 5.26 Å². The van der Waals surface area contributed by atoms with E-state index in [1.165, 1.54) is 18.2 Å². The number of aromatic nitrogens is 2. The average Bonchev–Trinajstić information content (AvgIpc) is 2.40. The van der Waals surface area contributed by atoms with Gasteiger partial charge in [0, 0.05) is 17.4 Å². The lowest BCUT2D eigenvalue weighted by Gasteiger charge is -2.08. The predicted molar refractivity (Wildman–Crippen MR) is 69.0 cm³/mol. The van der Waals surface area contributed by atoms with E-state index in [-0.39, 0.29) is 11.5 Å². The third kappa shape index (κ3) is 2.94. The Labute approximate surface area is 109 Å². The first kappa shape index (κ1) is 12.7. The molecule has 0 amide bonds. The Morgan fingerprint density at radius 3 is 2.79 bits per heavy atom. The van der Waals surface area contributed by atoms with E-state index in [0.29, 0.717) is 17.2 Å². The molecule has 0 aliphatic rings. The van der Waals surface area contributed by atoms with Gasteiger partial charge in [0.2, 0.25) is 5.95 Å². The maximum atomic E-state index is 13.2. The second-order valence-electron chi connectivity index (χ2n) is 3.79. The summed E-state index contributed by atoms with van der Waals surface area (Å²) in [6.45, 7) is 1.79. The molecule has 2 rings (SSSR count). The van der Waals surface area contributed by atoms with Crippen LogP contribution >= 0.6 is 0 Å². The third-order valence-electron chi connectivity index (χ3n) is 2.34. The third-order valence-corrected chi connectivity index (χ3v) is 2.34. The molecule has 0 saturated heterocycles. The minimum Gasteiger partial charge on any atom is -0.340 e. The van der Waals surface area contributed by atoms with Gasteiger partial charge < -0.3 is 5.32 Å². The van der Waals surface area contributed by atoms with Crippen molar-refractivity contribution in [3.05, 3.63) is 41.3 Å². The molecule has 6 nitrogen and oxygen atoms in total. The normalized spacial score (nSPS) is 9.79. The van der Waals surface area contributed by atoms with E-state index < -0.39 is 5.82 Å². The number of hydrazine groups is 1. The van der Waals surface area contributed by atoms with Gasteiger partial charge in [0.15, 0.2) is 0 Å². The number of nitrogens with two attached hydrogens (primary N) is 1. The van der Waals surface area contributed by atoms with Crippen LogP contribution in [0.2, 0.25) is 0 Å². The summed E-state index contributed by atoms with van der Waals surface area (Å²) in [5, 5.41) is 11.7. The van der Waals surface area contributed by atoms with Crippen molar-refractivity contribution in [1.82, 2.24) is 9.97 Å². The van der Waals surface area contributed by atoms with Crippen molar-refractivity contribution >= 4 is 17.5 Å². The van der Waals surface area contributed by atoms with Crippen molar-refractivity contribution in [2.45, 2.75) is 6.92 Å². The highest BCUT2D eigenvalue weighted by molar-refractivity contribution is 5.59. The topological polar surface area (TPSA) is 99.7 Å². The molecule has 0 spiro atoms. The molecule has 0 atom stereocenters. The molecule has 0 aliphatic carbocycles. The molecule has 1 aromatic heterocycles. The van der Waals surface area contributed by atoms with Gasteiger partial charge in [0.25, 0.3) is 0 Å². The Kier molecular flexibility index (Phi) is 3.54. The Balaban J connectivity index is 2.31. The number of hydrogen-bond donors (Lipinski definition) is 3. The quantitative estimate of drug-likeness (QED) is 0.573. The van der Waals surface area contributed by atoms with Crippen LogP contribution in [0.5, 0.6) is 0 Å². The monoisotopic (exact) mass is 258 g/mol. The fraction of sp³-hybridized carbons (Fsp3) is 0.0833. The molecule has 7 heteroatoms. The Morgan fingerprint density at radius 1 is 1.32 bits per heavy atom. The second-order valence-corrected chi connectivity index (χ2v) is 3.79. The second kappa shape index (κ2) is 5.29. The van der Waals surface area contributed by atoms with Gasteiger partial charge in [-0.05, 0) is 25.1 Å². The van der Waals surface area contributed by atoms with Crippen LogP contribution in [0.25, 0.3) is 0 Å². The SMILES string of the molecule is Cc1cc(Nc2ccc(F)c(C#N)c2)nc(NN)n1. The van der Waals surface area contributed by atoms with Gasteiger partial charge in [-0.2, -0.15) is 10.2 Å². The van der Waals surface area contributed by atoms with Crippen molar-refractivity contribution in [2.75, 3.05) is 10.7 Å². The van der Waals surface area contributed by atoms with Gasteiger partial charge in [-0.25, -0.2) is 15.2 Å². The summed E-state index contributed by atoms with van der Waals surface area (Å²) in [4.78, 5) is 8.13. The lowest BCUT2D eigenvalue weighted by atomic mass is 10.2. The molecule has 0 radical (unpaired) electrons. The highest BCUT2D eigenvalue weighted by Gasteiger charge is 2.05. The summed E-state index contributed by atoms with van der Waals surface area (Å²) in [5.41, 5.74) is 3.59. The number of benzene rings is 1. The Bertz CT molecular complexity index is 649. The molecule has 1 heterocycles. The number of aryl methyl sites for hydroxylation is 1. The molecule has 0 unspecified atom stereocenters. The minimum atomic E-state index is -0.559. The summed E-state index contributed by atoms with van der Waals surface area (Å²) in [7, 11) is 0. The summed E-state index contributed by atoms with van der Waals surface area (Å²) in [6.07, 6.45) is 0. The predicted octanol–water partition coefficient (Wildman–Crippen LogP) is 1.82. The number of nitrogens with one attached hydrogen (secondary N) is 2. The van der Waals surface area contributed by atoms with Crippen LogP contribution in [0, 0.1) is 24.1 Å². The molecular weight excluding hydrogens is 247 g/mol. The zero-order chi connectivity index (χ0) is 13.8. The molecule has 4 N–H and O–H groups in total. The average molecular weight is 258 g/mol. The number of nitrogens with zero attached hydrogens (tertiary/aromatic N) is 3. The molecule has 0 bridgehead atoms. The zero-order valence-corrected chi connectivity index (χ0v) is 10.1. The van der Waals surface area contributed by atoms with Crippen LogP contribution < -0.4 is 16.6 Å². The molecule has 1 aromatic carbocycles. The van der Waals surface area contributed by atoms with E-state index >= 15 is 0 Å². The van der Waals surface area contributed by atoms with Gasteiger partial charge in [-0.15, -0.1) is 0 Å². The van der Waals surface area contributed by atoms with Gasteiger partial charge in [0.05, 0.1) is 5.56 Å². The summed E-state index contributed by atoms with van der Waals surface area (Å²) < 4.78 is 13.2. The zero-order valence-electron chi connectivity index (χ0n) is 10.1. The number of anilines is 3. The minimum absolute atomic E-state index is 0.0343. The van der Waals surface area contributed by atoms with E-state index in [2.05, 4.69) is 20.7 Å². The summed E-state index contributed by atoms with van der Waals surface area (Å²) in [5.74, 6) is 5.46. The van der Waals surface area contributed by atoms with Crippen molar-refractivity contribution < 1.29 is 4.39 Å². The standard InChI is InChI=1S/C12H11FN6/c1-7-4-11(18-12(16-7)19-15)17-9-2-3-10(13)8(5-9)6-14/h2-5H,15H2,1H3,(H2,16,17,18,19). The highest BCUT2D eigenvalue weighted by atomic mass is 19.1. The fourth-order valence-electron chi connectivity index (χ4n) is 1.53. The highest BCUT2D eigenvalue weighted by Crippen LogP contribution is 2.19. The summed E-state index contributed by atoms with van der Waals surface area (Å²) in [6, 6.07) is 7.62. The fourth-order valence-corrected chi connectivity index (χ4v) is 1.53. The van der Waals surface area contributed by atoms with Crippen LogP contribution in [-0.4, -0.2) is 9.97 Å². The van der Waals surface area contributed by atoms with Gasteiger partial charge in [0.1, 0.15) is 17.7 Å².